The highest BCUT2D eigenvalue weighted by molar-refractivity contribution is 6.32. The highest BCUT2D eigenvalue weighted by atomic mass is 35.5. The number of ether oxygens (including phenoxy) is 5. The van der Waals surface area contributed by atoms with E-state index >= 15 is 4.39 Å². The highest BCUT2D eigenvalue weighted by Gasteiger charge is 2.53. The van der Waals surface area contributed by atoms with E-state index in [0.717, 1.165) is 18.6 Å². The van der Waals surface area contributed by atoms with Crippen LogP contribution in [-0.2, 0) is 15.7 Å². The molecule has 8 rings (SSSR count). The van der Waals surface area contributed by atoms with Gasteiger partial charge >= 0.3 is 18.3 Å². The molecule has 18 heteroatoms. The van der Waals surface area contributed by atoms with Crippen molar-refractivity contribution in [2.75, 3.05) is 51.7 Å². The third kappa shape index (κ3) is 6.38. The molecule has 1 amide bonds. The smallest absolute Gasteiger partial charge is 0.418 e. The molecule has 4 fully saturated rings. The van der Waals surface area contributed by atoms with Gasteiger partial charge in [-0.05, 0) is 65.1 Å². The summed E-state index contributed by atoms with van der Waals surface area (Å²) in [4.78, 5) is 32.8. The van der Waals surface area contributed by atoms with Crippen LogP contribution in [0.1, 0.15) is 58.4 Å². The molecule has 5 aliphatic rings. The number of hydrogen-bond donors (Lipinski definition) is 0. The molecule has 5 aliphatic heterocycles. The fourth-order valence-electron chi connectivity index (χ4n) is 8.82. The van der Waals surface area contributed by atoms with Gasteiger partial charge in [0, 0.05) is 32.2 Å². The minimum Gasteiger partial charge on any atom is -0.475 e. The molecular weight excluding hydrogens is 743 g/mol. The van der Waals surface area contributed by atoms with E-state index in [1.54, 1.807) is 25.7 Å². The molecule has 0 radical (unpaired) electrons. The van der Waals surface area contributed by atoms with Crippen LogP contribution < -0.4 is 19.1 Å². The van der Waals surface area contributed by atoms with Crippen LogP contribution in [0.5, 0.6) is 17.6 Å². The Hall–Kier alpha value is -3.96. The average Bonchev–Trinajstić information content (AvgIpc) is 3.69. The quantitative estimate of drug-likeness (QED) is 0.187. The summed E-state index contributed by atoms with van der Waals surface area (Å²) in [7, 11) is 1.33. The van der Waals surface area contributed by atoms with Crippen molar-refractivity contribution in [3.05, 3.63) is 28.5 Å². The summed E-state index contributed by atoms with van der Waals surface area (Å²) in [5.74, 6) is -1.33. The van der Waals surface area contributed by atoms with Gasteiger partial charge in [-0.1, -0.05) is 11.6 Å². The van der Waals surface area contributed by atoms with E-state index in [1.165, 1.54) is 7.11 Å². The third-order valence-electron chi connectivity index (χ3n) is 11.0. The number of carbonyl (C=O) groups excluding carboxylic acids is 1. The van der Waals surface area contributed by atoms with Crippen LogP contribution in [-0.4, -0.2) is 113 Å². The summed E-state index contributed by atoms with van der Waals surface area (Å²) in [6.45, 7) is 6.24. The molecule has 4 saturated heterocycles. The molecular formula is C36H40ClF5N6O6. The number of piperazine rings is 1. The molecule has 292 valence electrons. The van der Waals surface area contributed by atoms with Crippen molar-refractivity contribution in [3.8, 4) is 28.9 Å². The van der Waals surface area contributed by atoms with Gasteiger partial charge in [0.1, 0.15) is 53.2 Å². The molecule has 0 aliphatic carbocycles. The van der Waals surface area contributed by atoms with E-state index < -0.39 is 69.3 Å². The first-order valence-electron chi connectivity index (χ1n) is 17.9. The summed E-state index contributed by atoms with van der Waals surface area (Å²) in [5.41, 5.74) is -4.51. The SMILES string of the molecule is COCOc1cc(Cl)c(C(F)(F)F)c(-c2nc3c4c(nc(OC[C@@]56CCCN5C[C@@H](F)C6)nc4c2F)N2C[C@H]4CC[C@@H]([C@H]2CO3)N4C(=O)OC(C)(C)C)c1. The number of methoxy groups -OCH3 is 1. The standard InChI is InChI=1S/C36H40ClF5N6O6/c1-34(2,3)54-33(49)48-19-6-7-23(48)24-15-51-31-25-29(27(39)28(43-31)21-10-20(53-17-50-4)11-22(37)26(21)36(40,41)42)44-32(45-30(25)47(24)14-19)52-16-35-8-5-9-46(35)13-18(38)12-35/h10-11,18-19,23-24H,5-9,12-17H2,1-4H3/t18-,19+,23-,24+,35-/m0/s1. The van der Waals surface area contributed by atoms with Gasteiger partial charge in [0.2, 0.25) is 5.88 Å². The molecule has 0 spiro atoms. The van der Waals surface area contributed by atoms with Crippen molar-refractivity contribution >= 4 is 34.4 Å². The van der Waals surface area contributed by atoms with E-state index in [9.17, 15) is 22.4 Å². The molecule has 0 saturated carbocycles. The number of pyridine rings is 1. The van der Waals surface area contributed by atoms with Crippen LogP contribution in [0, 0.1) is 5.82 Å². The van der Waals surface area contributed by atoms with Crippen molar-refractivity contribution in [1.82, 2.24) is 24.8 Å². The zero-order valence-corrected chi connectivity index (χ0v) is 30.9. The summed E-state index contributed by atoms with van der Waals surface area (Å²) in [6, 6.07) is 0.492. The van der Waals surface area contributed by atoms with Crippen LogP contribution in [0.25, 0.3) is 22.2 Å². The van der Waals surface area contributed by atoms with Crippen LogP contribution in [0.4, 0.5) is 32.6 Å². The van der Waals surface area contributed by atoms with Crippen LogP contribution >= 0.6 is 11.6 Å². The minimum atomic E-state index is -5.03. The number of halogens is 6. The molecule has 2 aromatic heterocycles. The highest BCUT2D eigenvalue weighted by Crippen LogP contribution is 2.49. The Morgan fingerprint density at radius 1 is 1.09 bits per heavy atom. The van der Waals surface area contributed by atoms with Crippen molar-refractivity contribution in [3.63, 3.8) is 0 Å². The number of alkyl halides is 4. The lowest BCUT2D eigenvalue weighted by Crippen LogP contribution is -2.63. The number of rotatable bonds is 7. The first kappa shape index (κ1) is 37.0. The van der Waals surface area contributed by atoms with Gasteiger partial charge in [-0.15, -0.1) is 0 Å². The van der Waals surface area contributed by atoms with Crippen LogP contribution in [0.15, 0.2) is 12.1 Å². The predicted molar refractivity (Wildman–Crippen MR) is 185 cm³/mol. The number of anilines is 1. The lowest BCUT2D eigenvalue weighted by Gasteiger charge is -2.46. The Balaban J connectivity index is 1.27. The van der Waals surface area contributed by atoms with E-state index in [1.807, 2.05) is 9.80 Å². The molecule has 0 unspecified atom stereocenters. The zero-order valence-electron chi connectivity index (χ0n) is 30.1. The molecule has 0 N–H and O–H groups in total. The molecule has 54 heavy (non-hydrogen) atoms. The van der Waals surface area contributed by atoms with Gasteiger partial charge in [0.05, 0.1) is 34.3 Å². The van der Waals surface area contributed by atoms with Gasteiger partial charge in [0.15, 0.2) is 12.6 Å². The van der Waals surface area contributed by atoms with E-state index in [4.69, 9.17) is 40.3 Å². The fraction of sp³-hybridized carbons (Fsp3) is 0.611. The van der Waals surface area contributed by atoms with E-state index in [0.29, 0.717) is 25.8 Å². The van der Waals surface area contributed by atoms with E-state index in [2.05, 4.69) is 9.97 Å². The van der Waals surface area contributed by atoms with Gasteiger partial charge < -0.3 is 28.6 Å². The summed E-state index contributed by atoms with van der Waals surface area (Å²) < 4.78 is 104. The Bertz CT molecular complexity index is 1990. The zero-order chi connectivity index (χ0) is 38.3. The summed E-state index contributed by atoms with van der Waals surface area (Å²) >= 11 is 6.19. The third-order valence-corrected chi connectivity index (χ3v) is 11.3. The number of carbonyl (C=O) groups is 1. The molecule has 3 aromatic rings. The molecule has 1 aromatic carbocycles. The molecule has 7 heterocycles. The first-order chi connectivity index (χ1) is 25.6. The number of aromatic nitrogens is 3. The summed E-state index contributed by atoms with van der Waals surface area (Å²) in [6.07, 6.45) is -3.45. The number of benzene rings is 1. The molecule has 5 atom stereocenters. The lowest BCUT2D eigenvalue weighted by atomic mass is 9.95. The fourth-order valence-corrected chi connectivity index (χ4v) is 9.14. The Kier molecular flexibility index (Phi) is 9.15. The largest absolute Gasteiger partial charge is 0.475 e. The maximum atomic E-state index is 17.1. The Labute approximate surface area is 312 Å². The average molecular weight is 783 g/mol. The Morgan fingerprint density at radius 2 is 1.89 bits per heavy atom. The van der Waals surface area contributed by atoms with Gasteiger partial charge in [-0.25, -0.2) is 18.6 Å². The van der Waals surface area contributed by atoms with Crippen LogP contribution in [0.2, 0.25) is 5.02 Å². The molecule has 12 nitrogen and oxygen atoms in total. The van der Waals surface area contributed by atoms with Gasteiger partial charge in [0.25, 0.3) is 0 Å². The monoisotopic (exact) mass is 782 g/mol. The van der Waals surface area contributed by atoms with Crippen molar-refractivity contribution in [2.45, 2.75) is 94.5 Å². The van der Waals surface area contributed by atoms with Crippen molar-refractivity contribution < 1.29 is 50.4 Å². The topological polar surface area (TPSA) is 112 Å². The van der Waals surface area contributed by atoms with Gasteiger partial charge in [-0.3, -0.25) is 9.80 Å². The van der Waals surface area contributed by atoms with E-state index in [-0.39, 0.29) is 79.9 Å². The van der Waals surface area contributed by atoms with Gasteiger partial charge in [-0.2, -0.15) is 23.1 Å². The molecule has 2 bridgehead atoms. The first-order valence-corrected chi connectivity index (χ1v) is 18.3. The van der Waals surface area contributed by atoms with Crippen molar-refractivity contribution in [1.29, 1.82) is 0 Å². The number of nitrogens with zero attached hydrogens (tertiary/aromatic N) is 6. The minimum absolute atomic E-state index is 0.0229. The number of fused-ring (bicyclic) bond motifs is 6. The van der Waals surface area contributed by atoms with Crippen LogP contribution in [0.3, 0.4) is 0 Å². The number of amides is 1. The second kappa shape index (κ2) is 13.4. The van der Waals surface area contributed by atoms with Crippen molar-refractivity contribution in [2.24, 2.45) is 0 Å². The predicted octanol–water partition coefficient (Wildman–Crippen LogP) is 6.79. The maximum absolute atomic E-state index is 17.1. The maximum Gasteiger partial charge on any atom is 0.418 e. The Morgan fingerprint density at radius 3 is 2.63 bits per heavy atom. The second-order valence-electron chi connectivity index (χ2n) is 15.6. The second-order valence-corrected chi connectivity index (χ2v) is 16.0. The normalized spacial score (nSPS) is 26.4. The number of hydrogen-bond acceptors (Lipinski definition) is 11. The summed E-state index contributed by atoms with van der Waals surface area (Å²) in [5, 5.41) is -0.710. The lowest BCUT2D eigenvalue weighted by molar-refractivity contribution is -0.137.